The van der Waals surface area contributed by atoms with Crippen molar-refractivity contribution in [1.29, 1.82) is 0 Å². The lowest BCUT2D eigenvalue weighted by Crippen LogP contribution is -2.36. The molecule has 0 aromatic heterocycles. The van der Waals surface area contributed by atoms with E-state index < -0.39 is 47.9 Å². The van der Waals surface area contributed by atoms with E-state index in [0.717, 1.165) is 53.6 Å². The van der Waals surface area contributed by atoms with Crippen molar-refractivity contribution in [3.63, 3.8) is 0 Å². The summed E-state index contributed by atoms with van der Waals surface area (Å²) >= 11 is 34.9. The number of fused-ring (bicyclic) bond motifs is 3. The van der Waals surface area contributed by atoms with Gasteiger partial charge >= 0.3 is 5.97 Å². The van der Waals surface area contributed by atoms with E-state index in [4.69, 9.17) is 86.4 Å². The molecule has 3 aliphatic rings. The molecule has 3 aliphatic heterocycles. The molecule has 0 unspecified atom stereocenters. The zero-order chi connectivity index (χ0) is 83.9. The van der Waals surface area contributed by atoms with Gasteiger partial charge in [0.15, 0.2) is 0 Å². The molecule has 0 saturated carbocycles. The number of nitrogens with zero attached hydrogens (tertiary/aromatic N) is 6. The van der Waals surface area contributed by atoms with Gasteiger partial charge in [0.2, 0.25) is 47.8 Å². The highest BCUT2D eigenvalue weighted by atomic mass is 127. The zero-order valence-corrected chi connectivity index (χ0v) is 74.6. The van der Waals surface area contributed by atoms with Gasteiger partial charge < -0.3 is 62.9 Å². The first kappa shape index (κ1) is 94.6. The van der Waals surface area contributed by atoms with Gasteiger partial charge in [-0.1, -0.05) is 94.4 Å². The minimum Gasteiger partial charge on any atom is -0.481 e. The highest BCUT2D eigenvalue weighted by molar-refractivity contribution is 14.1. The van der Waals surface area contributed by atoms with Crippen LogP contribution >= 0.6 is 80.6 Å². The number of carbonyl (C=O) groups is 4. The van der Waals surface area contributed by atoms with Crippen LogP contribution in [0.3, 0.4) is 0 Å². The molecular formula is C81H105Cl5IN9O17S3. The fourth-order valence-electron chi connectivity index (χ4n) is 14.7. The number of halogens is 6. The Bertz CT molecular complexity index is 4270. The van der Waals surface area contributed by atoms with Gasteiger partial charge in [0.25, 0.3) is 0 Å². The Balaban J connectivity index is 0.701. The summed E-state index contributed by atoms with van der Waals surface area (Å²) < 4.78 is 124. The molecule has 35 heteroatoms. The van der Waals surface area contributed by atoms with Gasteiger partial charge in [-0.3, -0.25) is 19.2 Å². The summed E-state index contributed by atoms with van der Waals surface area (Å²) in [5.41, 5.74) is 7.23. The Hall–Kier alpha value is -5.25. The molecule has 26 nitrogen and oxygen atoms in total. The maximum Gasteiger partial charge on any atom is 0.303 e. The standard InChI is InChI=1S/C81H105Cl5IN9O17S3/c1-91-50-68(65-43-59(82)45-74(84)71(65)53-91)56-10-7-13-62(40-56)114(102,103)88-22-28-108-34-37-111-31-25-94(4)77(97)16-19-81(49-80(100)101,20-17-78(98)95(5)26-32-112-38-35-109-29-23-89-115(104,105)63-14-8-11-57(41-63)69-51-92(2)54-72-66(69)44-60(83)46-75(72)85)21-18-79(99)96(6)27-33-113-39-36-110-30-24-90-116(106,107)64-15-9-12-58(42-64)70-52-93(3)55-73-67(70)47-61(87)48-76(73)86/h7-15,40-48,68-70,88-90H,16-39,49-55H2,1-6H3,(H,100,101)/t68-,69-,70-/m0/s1. The topological polar surface area (TPSA) is 302 Å². The van der Waals surface area contributed by atoms with E-state index in [-0.39, 0.29) is 207 Å². The highest BCUT2D eigenvalue weighted by Gasteiger charge is 2.37. The van der Waals surface area contributed by atoms with Gasteiger partial charge in [-0.05, 0) is 191 Å². The fourth-order valence-corrected chi connectivity index (χ4v) is 20.1. The number of hydrogen-bond donors (Lipinski definition) is 4. The molecule has 0 bridgehead atoms. The zero-order valence-electron chi connectivity index (χ0n) is 66.2. The van der Waals surface area contributed by atoms with Crippen molar-refractivity contribution in [2.45, 2.75) is 97.0 Å². The van der Waals surface area contributed by atoms with Crippen molar-refractivity contribution in [3.05, 3.63) is 188 Å². The minimum absolute atomic E-state index is 0.00495. The predicted molar refractivity (Wildman–Crippen MR) is 457 cm³/mol. The van der Waals surface area contributed by atoms with E-state index in [1.807, 2.05) is 57.5 Å². The maximum absolute atomic E-state index is 13.8. The summed E-state index contributed by atoms with van der Waals surface area (Å²) in [5, 5.41) is 13.3. The Labute approximate surface area is 721 Å². The van der Waals surface area contributed by atoms with E-state index in [1.54, 1.807) is 75.7 Å². The van der Waals surface area contributed by atoms with Gasteiger partial charge in [0.1, 0.15) is 0 Å². The second-order valence-corrected chi connectivity index (χ2v) is 38.4. The molecule has 0 spiro atoms. The Morgan fingerprint density at radius 1 is 0.440 bits per heavy atom. The molecule has 636 valence electrons. The van der Waals surface area contributed by atoms with Crippen molar-refractivity contribution in [2.24, 2.45) is 5.41 Å². The number of benzene rings is 6. The number of carboxylic acid groups (broad SMARTS) is 1. The van der Waals surface area contributed by atoms with Crippen molar-refractivity contribution < 1.29 is 78.0 Å². The number of aliphatic carboxylic acids is 1. The molecule has 3 amide bonds. The number of amides is 3. The highest BCUT2D eigenvalue weighted by Crippen LogP contribution is 2.44. The summed E-state index contributed by atoms with van der Waals surface area (Å²) in [7, 11) is -0.946. The van der Waals surface area contributed by atoms with Crippen LogP contribution in [0.2, 0.25) is 25.1 Å². The van der Waals surface area contributed by atoms with Gasteiger partial charge in [0, 0.05) is 165 Å². The second kappa shape index (κ2) is 45.0. The average Bonchev–Trinajstić information content (AvgIpc) is 0.783. The predicted octanol–water partition coefficient (Wildman–Crippen LogP) is 10.8. The first-order valence-corrected chi connectivity index (χ1v) is 45.8. The minimum atomic E-state index is -3.91. The summed E-state index contributed by atoms with van der Waals surface area (Å²) in [6, 6.07) is 31.7. The fraction of sp³-hybridized carbons (Fsp3) is 0.506. The molecule has 6 aromatic carbocycles. The number of likely N-dealkylation sites (N-methyl/N-ethyl adjacent to an activating group) is 6. The molecular weight excluding hydrogens is 1770 g/mol. The Morgan fingerprint density at radius 2 is 0.733 bits per heavy atom. The third kappa shape index (κ3) is 27.9. The van der Waals surface area contributed by atoms with Crippen LogP contribution in [0.25, 0.3) is 0 Å². The number of nitrogens with one attached hydrogen (secondary N) is 3. The third-order valence-corrected chi connectivity index (χ3v) is 27.5. The van der Waals surface area contributed by atoms with Crippen LogP contribution in [0.1, 0.15) is 113 Å². The molecule has 0 radical (unpaired) electrons. The lowest BCUT2D eigenvalue weighted by Gasteiger charge is -2.34. The Morgan fingerprint density at radius 3 is 1.04 bits per heavy atom. The first-order chi connectivity index (χ1) is 55.2. The number of carbonyl (C=O) groups excluding carboxylic acids is 3. The molecule has 3 atom stereocenters. The van der Waals surface area contributed by atoms with E-state index in [1.165, 1.54) is 26.8 Å². The summed E-state index contributed by atoms with van der Waals surface area (Å²) in [6.45, 7) is 5.89. The van der Waals surface area contributed by atoms with Crippen molar-refractivity contribution >= 4 is 134 Å². The van der Waals surface area contributed by atoms with Gasteiger partial charge in [-0.15, -0.1) is 0 Å². The van der Waals surface area contributed by atoms with Gasteiger partial charge in [-0.25, -0.2) is 39.4 Å². The first-order valence-electron chi connectivity index (χ1n) is 38.4. The van der Waals surface area contributed by atoms with E-state index in [9.17, 15) is 49.5 Å². The SMILES string of the molecule is CN1Cc2c(Cl)cc(Cl)cc2[C@H](c2cccc(S(=O)(=O)NCCOCCOCCN(C)C(=O)CCC(CCC(=O)N(C)CCOCCOCCNS(=O)(=O)c3cccc([C@@H]4CN(C)Cc5c(Cl)cc(Cl)cc54)c3)(CCC(=O)N(C)CCOCCOCCNS(=O)(=O)c3cccc([C@@H]4CN(C)Cc5c(Cl)cc(I)cc54)c3)CC(=O)O)c2)C1. The number of sulfonamides is 3. The quantitative estimate of drug-likeness (QED) is 0.0204. The number of rotatable bonds is 47. The van der Waals surface area contributed by atoms with Crippen LogP contribution in [0.5, 0.6) is 0 Å². The maximum atomic E-state index is 13.8. The van der Waals surface area contributed by atoms with E-state index in [2.05, 4.69) is 57.5 Å². The normalized spacial score (nSPS) is 16.2. The van der Waals surface area contributed by atoms with E-state index in [0.29, 0.717) is 64.4 Å². The van der Waals surface area contributed by atoms with Crippen LogP contribution in [-0.2, 0) is 97.3 Å². The van der Waals surface area contributed by atoms with Crippen LogP contribution in [0, 0.1) is 8.99 Å². The molecule has 0 aliphatic carbocycles. The lowest BCUT2D eigenvalue weighted by molar-refractivity contribution is -0.143. The van der Waals surface area contributed by atoms with Crippen molar-refractivity contribution in [3.8, 4) is 0 Å². The van der Waals surface area contributed by atoms with Gasteiger partial charge in [0.05, 0.1) is 100 Å². The number of ether oxygens (including phenoxy) is 6. The third-order valence-electron chi connectivity index (χ3n) is 21.0. The molecule has 0 fully saturated rings. The lowest BCUT2D eigenvalue weighted by atomic mass is 9.72. The molecule has 6 aromatic rings. The summed E-state index contributed by atoms with van der Waals surface area (Å²) in [5.74, 6) is -2.49. The van der Waals surface area contributed by atoms with Crippen LogP contribution in [-0.4, -0.2) is 264 Å². The molecule has 9 rings (SSSR count). The monoisotopic (exact) mass is 1870 g/mol. The van der Waals surface area contributed by atoms with Crippen LogP contribution in [0.4, 0.5) is 0 Å². The Kier molecular flexibility index (Phi) is 36.7. The second-order valence-electron chi connectivity index (χ2n) is 29.7. The molecule has 116 heavy (non-hydrogen) atoms. The molecule has 0 saturated heterocycles. The summed E-state index contributed by atoms with van der Waals surface area (Å²) in [6.07, 6.45) is -0.630. The van der Waals surface area contributed by atoms with Crippen LogP contribution in [0.15, 0.2) is 124 Å². The van der Waals surface area contributed by atoms with Crippen molar-refractivity contribution in [2.75, 3.05) is 180 Å². The average molecular weight is 1880 g/mol. The van der Waals surface area contributed by atoms with E-state index >= 15 is 0 Å². The van der Waals surface area contributed by atoms with Gasteiger partial charge in [-0.2, -0.15) is 0 Å². The number of hydrogen-bond acceptors (Lipinski definition) is 19. The van der Waals surface area contributed by atoms with Crippen molar-refractivity contribution in [1.82, 2.24) is 43.6 Å². The summed E-state index contributed by atoms with van der Waals surface area (Å²) in [4.78, 5) is 65.5. The number of carboxylic acids is 1. The largest absolute Gasteiger partial charge is 0.481 e. The molecule has 3 heterocycles. The molecule has 4 N–H and O–H groups in total. The smallest absolute Gasteiger partial charge is 0.303 e. The van der Waals surface area contributed by atoms with Crippen LogP contribution < -0.4 is 14.2 Å².